The summed E-state index contributed by atoms with van der Waals surface area (Å²) < 4.78 is 19.9. The summed E-state index contributed by atoms with van der Waals surface area (Å²) in [6.07, 6.45) is 3.42. The van der Waals surface area contributed by atoms with Crippen LogP contribution in [0.1, 0.15) is 21.9 Å². The van der Waals surface area contributed by atoms with E-state index in [2.05, 4.69) is 10.3 Å². The van der Waals surface area contributed by atoms with Gasteiger partial charge in [0.1, 0.15) is 11.6 Å². The number of aromatic nitrogens is 2. The van der Waals surface area contributed by atoms with Crippen molar-refractivity contribution in [3.05, 3.63) is 77.8 Å². The lowest BCUT2D eigenvalue weighted by Crippen LogP contribution is -2.15. The zero-order valence-electron chi connectivity index (χ0n) is 12.4. The van der Waals surface area contributed by atoms with Gasteiger partial charge in [0.15, 0.2) is 5.84 Å². The molecule has 0 saturated carbocycles. The van der Waals surface area contributed by atoms with Crippen LogP contribution in [-0.2, 0) is 11.4 Å². The first-order valence-corrected chi connectivity index (χ1v) is 6.99. The van der Waals surface area contributed by atoms with Crippen LogP contribution in [-0.4, -0.2) is 21.6 Å². The number of halogens is 1. The molecule has 2 heterocycles. The molecule has 0 aliphatic rings. The van der Waals surface area contributed by atoms with Gasteiger partial charge in [-0.15, -0.1) is 0 Å². The second-order valence-corrected chi connectivity index (χ2v) is 4.83. The number of nitrogens with zero attached hydrogens (tertiary/aromatic N) is 3. The van der Waals surface area contributed by atoms with Crippen molar-refractivity contribution in [2.75, 3.05) is 0 Å². The molecular formula is C16H13FN4O3. The van der Waals surface area contributed by atoms with E-state index in [4.69, 9.17) is 15.0 Å². The second kappa shape index (κ2) is 6.78. The number of carbonyl (C=O) groups excluding carboxylic acids is 1. The number of furan rings is 1. The molecule has 24 heavy (non-hydrogen) atoms. The number of nitrogens with two attached hydrogens (primary N) is 1. The Bertz CT molecular complexity index is 854. The Morgan fingerprint density at radius 1 is 1.29 bits per heavy atom. The van der Waals surface area contributed by atoms with Crippen LogP contribution in [0.4, 0.5) is 4.39 Å². The van der Waals surface area contributed by atoms with Crippen molar-refractivity contribution in [2.45, 2.75) is 6.54 Å². The molecule has 8 heteroatoms. The van der Waals surface area contributed by atoms with Crippen LogP contribution in [0, 0.1) is 5.82 Å². The summed E-state index contributed by atoms with van der Waals surface area (Å²) >= 11 is 0. The molecule has 0 spiro atoms. The summed E-state index contributed by atoms with van der Waals surface area (Å²) in [6.45, 7) is 0.390. The maximum atomic E-state index is 12.8. The summed E-state index contributed by atoms with van der Waals surface area (Å²) in [5.74, 6) is -0.698. The van der Waals surface area contributed by atoms with Gasteiger partial charge in [-0.2, -0.15) is 5.10 Å². The van der Waals surface area contributed by atoms with E-state index in [1.165, 1.54) is 30.3 Å². The van der Waals surface area contributed by atoms with Crippen molar-refractivity contribution in [3.63, 3.8) is 0 Å². The molecule has 0 saturated heterocycles. The normalized spacial score (nSPS) is 11.5. The van der Waals surface area contributed by atoms with Gasteiger partial charge >= 0.3 is 5.97 Å². The average molecular weight is 328 g/mol. The first-order chi connectivity index (χ1) is 11.6. The molecule has 3 rings (SSSR count). The summed E-state index contributed by atoms with van der Waals surface area (Å²) in [7, 11) is 0. The molecule has 0 fully saturated rings. The zero-order chi connectivity index (χ0) is 16.9. The van der Waals surface area contributed by atoms with Gasteiger partial charge in [0, 0.05) is 18.0 Å². The van der Waals surface area contributed by atoms with E-state index in [9.17, 15) is 9.18 Å². The molecular weight excluding hydrogens is 315 g/mol. The van der Waals surface area contributed by atoms with Crippen LogP contribution in [0.3, 0.4) is 0 Å². The van der Waals surface area contributed by atoms with Crippen LogP contribution in [0.15, 0.2) is 64.4 Å². The van der Waals surface area contributed by atoms with Crippen LogP contribution in [0.5, 0.6) is 0 Å². The second-order valence-electron chi connectivity index (χ2n) is 4.83. The Kier molecular flexibility index (Phi) is 4.37. The number of rotatable bonds is 5. The number of amidine groups is 1. The summed E-state index contributed by atoms with van der Waals surface area (Å²) in [5, 5.41) is 7.57. The van der Waals surface area contributed by atoms with Gasteiger partial charge < -0.3 is 15.0 Å². The molecule has 2 N–H and O–H groups in total. The van der Waals surface area contributed by atoms with E-state index in [0.29, 0.717) is 17.9 Å². The molecule has 3 aromatic rings. The number of oxime groups is 1. The molecule has 122 valence electrons. The van der Waals surface area contributed by atoms with Gasteiger partial charge in [0.05, 0.1) is 6.54 Å². The molecule has 1 aromatic carbocycles. The van der Waals surface area contributed by atoms with E-state index in [1.54, 1.807) is 29.2 Å². The standard InChI is InChI=1S/C16H13FN4O3/c17-12-4-2-11(3-5-12)15(18)20-24-16(22)14-7-6-13(23-14)10-21-9-1-8-19-21/h1-9H,10H2,(H2,18,20). The smallest absolute Gasteiger partial charge is 0.400 e. The molecule has 0 amide bonds. The van der Waals surface area contributed by atoms with Crippen LogP contribution < -0.4 is 5.73 Å². The molecule has 7 nitrogen and oxygen atoms in total. The third kappa shape index (κ3) is 3.67. The van der Waals surface area contributed by atoms with E-state index >= 15 is 0 Å². The third-order valence-corrected chi connectivity index (χ3v) is 3.11. The van der Waals surface area contributed by atoms with E-state index in [1.807, 2.05) is 0 Å². The van der Waals surface area contributed by atoms with Crippen molar-refractivity contribution in [1.29, 1.82) is 0 Å². The largest absolute Gasteiger partial charge is 0.452 e. The van der Waals surface area contributed by atoms with Crippen LogP contribution >= 0.6 is 0 Å². The minimum atomic E-state index is -0.785. The van der Waals surface area contributed by atoms with Crippen LogP contribution in [0.25, 0.3) is 0 Å². The lowest BCUT2D eigenvalue weighted by molar-refractivity contribution is 0.0477. The number of hydrogen-bond acceptors (Lipinski definition) is 5. The number of carbonyl (C=O) groups is 1. The average Bonchev–Trinajstić information content (AvgIpc) is 3.25. The Morgan fingerprint density at radius 3 is 2.79 bits per heavy atom. The molecule has 0 aliphatic carbocycles. The Labute approximate surface area is 136 Å². The van der Waals surface area contributed by atoms with Gasteiger partial charge in [-0.1, -0.05) is 5.16 Å². The summed E-state index contributed by atoms with van der Waals surface area (Å²) in [5.41, 5.74) is 6.11. The third-order valence-electron chi connectivity index (χ3n) is 3.11. The molecule has 0 unspecified atom stereocenters. The maximum absolute atomic E-state index is 12.8. The van der Waals surface area contributed by atoms with Gasteiger partial charge in [-0.3, -0.25) is 4.68 Å². The highest BCUT2D eigenvalue weighted by Gasteiger charge is 2.14. The summed E-state index contributed by atoms with van der Waals surface area (Å²) in [4.78, 5) is 16.6. The monoisotopic (exact) mass is 328 g/mol. The minimum Gasteiger partial charge on any atom is -0.452 e. The van der Waals surface area contributed by atoms with Crippen molar-refractivity contribution in [1.82, 2.24) is 9.78 Å². The topological polar surface area (TPSA) is 95.6 Å². The fourth-order valence-corrected chi connectivity index (χ4v) is 1.94. The lowest BCUT2D eigenvalue weighted by Gasteiger charge is -2.00. The van der Waals surface area contributed by atoms with Crippen LogP contribution in [0.2, 0.25) is 0 Å². The molecule has 0 radical (unpaired) electrons. The van der Waals surface area contributed by atoms with Gasteiger partial charge in [-0.05, 0) is 42.5 Å². The predicted molar refractivity (Wildman–Crippen MR) is 82.6 cm³/mol. The summed E-state index contributed by atoms with van der Waals surface area (Å²) in [6, 6.07) is 10.2. The Morgan fingerprint density at radius 2 is 2.08 bits per heavy atom. The first kappa shape index (κ1) is 15.5. The van der Waals surface area contributed by atoms with E-state index in [0.717, 1.165) is 0 Å². The minimum absolute atomic E-state index is 0.00666. The van der Waals surface area contributed by atoms with E-state index < -0.39 is 11.8 Å². The highest BCUT2D eigenvalue weighted by atomic mass is 19.1. The molecule has 0 atom stereocenters. The molecule has 2 aromatic heterocycles. The highest BCUT2D eigenvalue weighted by Crippen LogP contribution is 2.11. The van der Waals surface area contributed by atoms with Crippen molar-refractivity contribution < 1.29 is 18.4 Å². The van der Waals surface area contributed by atoms with Crippen molar-refractivity contribution >= 4 is 11.8 Å². The first-order valence-electron chi connectivity index (χ1n) is 6.99. The molecule has 0 aliphatic heterocycles. The highest BCUT2D eigenvalue weighted by molar-refractivity contribution is 5.97. The lowest BCUT2D eigenvalue weighted by atomic mass is 10.2. The van der Waals surface area contributed by atoms with E-state index in [-0.39, 0.29) is 11.6 Å². The number of hydrogen-bond donors (Lipinski definition) is 1. The van der Waals surface area contributed by atoms with Crippen molar-refractivity contribution in [2.24, 2.45) is 10.9 Å². The van der Waals surface area contributed by atoms with Gasteiger partial charge in [-0.25, -0.2) is 9.18 Å². The fraction of sp³-hybridized carbons (Fsp3) is 0.0625. The van der Waals surface area contributed by atoms with Gasteiger partial charge in [0.25, 0.3) is 0 Å². The Balaban J connectivity index is 1.63. The fourth-order valence-electron chi connectivity index (χ4n) is 1.94. The Hall–Kier alpha value is -3.42. The predicted octanol–water partition coefficient (Wildman–Crippen LogP) is 2.14. The molecule has 0 bridgehead atoms. The zero-order valence-corrected chi connectivity index (χ0v) is 12.4. The maximum Gasteiger partial charge on any atom is 0.400 e. The van der Waals surface area contributed by atoms with Crippen molar-refractivity contribution in [3.8, 4) is 0 Å². The quantitative estimate of drug-likeness (QED) is 0.335. The SMILES string of the molecule is N/C(=N\OC(=O)c1ccc(Cn2cccn2)o1)c1ccc(F)cc1. The number of benzene rings is 1. The van der Waals surface area contributed by atoms with Gasteiger partial charge in [0.2, 0.25) is 5.76 Å².